The SMILES string of the molecule is CC(CCNC(=O)OC(C)(C)C)N1CCC(=O)CC1. The molecule has 1 atom stereocenters. The van der Waals surface area contributed by atoms with Crippen LogP contribution in [0.3, 0.4) is 0 Å². The maximum Gasteiger partial charge on any atom is 0.407 e. The zero-order valence-electron chi connectivity index (χ0n) is 12.5. The van der Waals surface area contributed by atoms with Gasteiger partial charge in [0.05, 0.1) is 0 Å². The summed E-state index contributed by atoms with van der Waals surface area (Å²) in [6.45, 7) is 9.95. The van der Waals surface area contributed by atoms with Crippen LogP contribution < -0.4 is 5.32 Å². The van der Waals surface area contributed by atoms with E-state index in [0.717, 1.165) is 19.5 Å². The zero-order chi connectivity index (χ0) is 14.5. The van der Waals surface area contributed by atoms with Crippen molar-refractivity contribution in [1.82, 2.24) is 10.2 Å². The summed E-state index contributed by atoms with van der Waals surface area (Å²) in [5.41, 5.74) is -0.455. The van der Waals surface area contributed by atoms with Gasteiger partial charge in [-0.1, -0.05) is 0 Å². The van der Waals surface area contributed by atoms with Crippen LogP contribution in [0.15, 0.2) is 0 Å². The molecule has 0 aromatic heterocycles. The monoisotopic (exact) mass is 270 g/mol. The maximum absolute atomic E-state index is 11.5. The van der Waals surface area contributed by atoms with Crippen LogP contribution in [-0.4, -0.2) is 48.1 Å². The van der Waals surface area contributed by atoms with Crippen molar-refractivity contribution < 1.29 is 14.3 Å². The van der Waals surface area contributed by atoms with Crippen molar-refractivity contribution >= 4 is 11.9 Å². The summed E-state index contributed by atoms with van der Waals surface area (Å²) < 4.78 is 5.17. The van der Waals surface area contributed by atoms with E-state index in [1.165, 1.54) is 0 Å². The number of piperidine rings is 1. The lowest BCUT2D eigenvalue weighted by molar-refractivity contribution is -0.121. The third-order valence-electron chi connectivity index (χ3n) is 3.21. The summed E-state index contributed by atoms with van der Waals surface area (Å²) in [6.07, 6.45) is 1.81. The molecule has 5 nitrogen and oxygen atoms in total. The Balaban J connectivity index is 2.18. The maximum atomic E-state index is 11.5. The second kappa shape index (κ2) is 6.89. The van der Waals surface area contributed by atoms with E-state index in [4.69, 9.17) is 4.74 Å². The number of hydrogen-bond acceptors (Lipinski definition) is 4. The van der Waals surface area contributed by atoms with Gasteiger partial charge in [0.15, 0.2) is 0 Å². The Morgan fingerprint density at radius 1 is 1.37 bits per heavy atom. The fourth-order valence-electron chi connectivity index (χ4n) is 2.09. The van der Waals surface area contributed by atoms with Gasteiger partial charge >= 0.3 is 6.09 Å². The molecule has 1 rings (SSSR count). The Kier molecular flexibility index (Phi) is 5.79. The van der Waals surface area contributed by atoms with Crippen LogP contribution in [0.25, 0.3) is 0 Å². The third kappa shape index (κ3) is 6.57. The highest BCUT2D eigenvalue weighted by Gasteiger charge is 2.21. The molecule has 1 aliphatic heterocycles. The van der Waals surface area contributed by atoms with Gasteiger partial charge in [-0.2, -0.15) is 0 Å². The molecular formula is C14H26N2O3. The number of nitrogens with one attached hydrogen (secondary N) is 1. The first-order valence-corrected chi connectivity index (χ1v) is 7.00. The van der Waals surface area contributed by atoms with Gasteiger partial charge in [-0.05, 0) is 34.1 Å². The molecule has 1 saturated heterocycles. The molecule has 1 fully saturated rings. The zero-order valence-corrected chi connectivity index (χ0v) is 12.5. The van der Waals surface area contributed by atoms with Gasteiger partial charge < -0.3 is 10.1 Å². The van der Waals surface area contributed by atoms with Crippen LogP contribution in [0.4, 0.5) is 4.79 Å². The van der Waals surface area contributed by atoms with Crippen molar-refractivity contribution in [2.75, 3.05) is 19.6 Å². The first-order valence-electron chi connectivity index (χ1n) is 7.00. The second-order valence-corrected chi connectivity index (χ2v) is 6.14. The van der Waals surface area contributed by atoms with Gasteiger partial charge in [-0.15, -0.1) is 0 Å². The minimum atomic E-state index is -0.455. The van der Waals surface area contributed by atoms with Crippen molar-refractivity contribution in [2.24, 2.45) is 0 Å². The lowest BCUT2D eigenvalue weighted by atomic mass is 10.1. The molecule has 19 heavy (non-hydrogen) atoms. The van der Waals surface area contributed by atoms with Crippen molar-refractivity contribution in [3.8, 4) is 0 Å². The normalized spacial score (nSPS) is 19.1. The molecule has 1 heterocycles. The highest BCUT2D eigenvalue weighted by molar-refractivity contribution is 5.79. The summed E-state index contributed by atoms with van der Waals surface area (Å²) in [6, 6.07) is 0.378. The Morgan fingerprint density at radius 3 is 2.47 bits per heavy atom. The Hall–Kier alpha value is -1.10. The second-order valence-electron chi connectivity index (χ2n) is 6.14. The first kappa shape index (κ1) is 16.0. The number of ketones is 1. The number of nitrogens with zero attached hydrogens (tertiary/aromatic N) is 1. The highest BCUT2D eigenvalue weighted by Crippen LogP contribution is 2.11. The van der Waals surface area contributed by atoms with Gasteiger partial charge in [-0.3, -0.25) is 9.69 Å². The lowest BCUT2D eigenvalue weighted by Gasteiger charge is -2.31. The number of hydrogen-bond donors (Lipinski definition) is 1. The van der Waals surface area contributed by atoms with Gasteiger partial charge in [0.25, 0.3) is 0 Å². The van der Waals surface area contributed by atoms with E-state index >= 15 is 0 Å². The number of amides is 1. The van der Waals surface area contributed by atoms with Crippen LogP contribution in [0, 0.1) is 0 Å². The number of ether oxygens (including phenoxy) is 1. The topological polar surface area (TPSA) is 58.6 Å². The first-order chi connectivity index (χ1) is 8.78. The van der Waals surface area contributed by atoms with Crippen molar-refractivity contribution in [2.45, 2.75) is 58.6 Å². The van der Waals surface area contributed by atoms with Crippen LogP contribution >= 0.6 is 0 Å². The van der Waals surface area contributed by atoms with Gasteiger partial charge in [0.1, 0.15) is 11.4 Å². The smallest absolute Gasteiger partial charge is 0.407 e. The quantitative estimate of drug-likeness (QED) is 0.848. The molecule has 110 valence electrons. The van der Waals surface area contributed by atoms with Gasteiger partial charge in [0, 0.05) is 38.5 Å². The van der Waals surface area contributed by atoms with E-state index in [-0.39, 0.29) is 6.09 Å². The molecule has 1 aliphatic rings. The van der Waals surface area contributed by atoms with Crippen molar-refractivity contribution in [3.05, 3.63) is 0 Å². The van der Waals surface area contributed by atoms with E-state index in [0.29, 0.717) is 31.2 Å². The molecule has 5 heteroatoms. The number of carbonyl (C=O) groups excluding carboxylic acids is 2. The molecule has 0 spiro atoms. The molecule has 0 bridgehead atoms. The largest absolute Gasteiger partial charge is 0.444 e. The number of alkyl carbamates (subject to hydrolysis) is 1. The number of carbonyl (C=O) groups is 2. The molecular weight excluding hydrogens is 244 g/mol. The van der Waals surface area contributed by atoms with E-state index in [9.17, 15) is 9.59 Å². The Morgan fingerprint density at radius 2 is 1.95 bits per heavy atom. The van der Waals surface area contributed by atoms with Gasteiger partial charge in [0.2, 0.25) is 0 Å². The van der Waals surface area contributed by atoms with E-state index < -0.39 is 5.60 Å². The molecule has 0 aromatic carbocycles. The molecule has 0 saturated carbocycles. The minimum absolute atomic E-state index is 0.357. The van der Waals surface area contributed by atoms with Crippen LogP contribution in [0.5, 0.6) is 0 Å². The van der Waals surface area contributed by atoms with E-state index in [2.05, 4.69) is 17.1 Å². The van der Waals surface area contributed by atoms with E-state index in [1.807, 2.05) is 20.8 Å². The molecule has 0 aliphatic carbocycles. The average Bonchev–Trinajstić information content (AvgIpc) is 2.27. The van der Waals surface area contributed by atoms with E-state index in [1.54, 1.807) is 0 Å². The van der Waals surface area contributed by atoms with Crippen molar-refractivity contribution in [3.63, 3.8) is 0 Å². The fourth-order valence-corrected chi connectivity index (χ4v) is 2.09. The highest BCUT2D eigenvalue weighted by atomic mass is 16.6. The fraction of sp³-hybridized carbons (Fsp3) is 0.857. The van der Waals surface area contributed by atoms with Crippen LogP contribution in [0.2, 0.25) is 0 Å². The predicted octanol–water partition coefficient (Wildman–Crippen LogP) is 1.95. The number of Topliss-reactive ketones (excluding diaryl/α,β-unsaturated/α-hetero) is 1. The summed E-state index contributed by atoms with van der Waals surface area (Å²) in [4.78, 5) is 24.9. The molecule has 1 unspecified atom stereocenters. The third-order valence-corrected chi connectivity index (χ3v) is 3.21. The molecule has 1 N–H and O–H groups in total. The average molecular weight is 270 g/mol. The Labute approximate surface area is 115 Å². The summed E-state index contributed by atoms with van der Waals surface area (Å²) in [5, 5.41) is 2.76. The molecule has 0 aromatic rings. The Bertz CT molecular complexity index is 313. The predicted molar refractivity (Wildman–Crippen MR) is 74.1 cm³/mol. The standard InChI is InChI=1S/C14H26N2O3/c1-11(16-9-6-12(17)7-10-16)5-8-15-13(18)19-14(2,3)4/h11H,5-10H2,1-4H3,(H,15,18). The van der Waals surface area contributed by atoms with Gasteiger partial charge in [-0.25, -0.2) is 4.79 Å². The summed E-state index contributed by atoms with van der Waals surface area (Å²) in [5.74, 6) is 0.357. The summed E-state index contributed by atoms with van der Waals surface area (Å²) >= 11 is 0. The van der Waals surface area contributed by atoms with Crippen LogP contribution in [0.1, 0.15) is 47.0 Å². The number of likely N-dealkylation sites (tertiary alicyclic amines) is 1. The van der Waals surface area contributed by atoms with Crippen molar-refractivity contribution in [1.29, 1.82) is 0 Å². The minimum Gasteiger partial charge on any atom is -0.444 e. The molecule has 1 amide bonds. The molecule has 0 radical (unpaired) electrons. The van der Waals surface area contributed by atoms with Crippen LogP contribution in [-0.2, 0) is 9.53 Å². The summed E-state index contributed by atoms with van der Waals surface area (Å²) in [7, 11) is 0. The number of rotatable bonds is 4. The lowest BCUT2D eigenvalue weighted by Crippen LogP contribution is -2.42.